The predicted octanol–water partition coefficient (Wildman–Crippen LogP) is 3.79. The molecule has 23 heavy (non-hydrogen) atoms. The molecule has 120 valence electrons. The Morgan fingerprint density at radius 3 is 3.00 bits per heavy atom. The van der Waals surface area contributed by atoms with Crippen molar-refractivity contribution in [3.8, 4) is 5.69 Å². The van der Waals surface area contributed by atoms with Crippen LogP contribution in [0, 0.1) is 5.92 Å². The lowest BCUT2D eigenvalue weighted by Gasteiger charge is -2.05. The highest BCUT2D eigenvalue weighted by Gasteiger charge is 2.12. The van der Waals surface area contributed by atoms with E-state index >= 15 is 0 Å². The van der Waals surface area contributed by atoms with Gasteiger partial charge in [0.15, 0.2) is 11.0 Å². The van der Waals surface area contributed by atoms with Crippen LogP contribution in [-0.4, -0.2) is 24.9 Å². The number of hydrogen-bond donors (Lipinski definition) is 0. The Bertz CT molecular complexity index is 786. The summed E-state index contributed by atoms with van der Waals surface area (Å²) in [6.45, 7) is 4.23. The number of nitrogens with zero attached hydrogens (tertiary/aromatic N) is 5. The summed E-state index contributed by atoms with van der Waals surface area (Å²) in [6, 6.07) is 7.54. The molecule has 0 spiro atoms. The molecule has 3 aromatic rings. The molecule has 6 nitrogen and oxygen atoms in total. The van der Waals surface area contributed by atoms with Crippen LogP contribution in [0.4, 0.5) is 0 Å². The maximum Gasteiger partial charge on any atom is 0.226 e. The van der Waals surface area contributed by atoms with E-state index in [0.717, 1.165) is 17.3 Å². The second-order valence-corrected chi connectivity index (χ2v) is 6.83. The second-order valence-electron chi connectivity index (χ2n) is 5.45. The Kier molecular flexibility index (Phi) is 4.97. The van der Waals surface area contributed by atoms with E-state index < -0.39 is 0 Å². The van der Waals surface area contributed by atoms with Gasteiger partial charge in [0.2, 0.25) is 5.89 Å². The third-order valence-electron chi connectivity index (χ3n) is 3.03. The number of thioether (sulfide) groups is 1. The summed E-state index contributed by atoms with van der Waals surface area (Å²) in [5.74, 6) is 2.39. The van der Waals surface area contributed by atoms with Crippen molar-refractivity contribution in [2.75, 3.05) is 0 Å². The van der Waals surface area contributed by atoms with Gasteiger partial charge in [0, 0.05) is 11.4 Å². The molecule has 2 aromatic heterocycles. The molecule has 0 bridgehead atoms. The zero-order valence-corrected chi connectivity index (χ0v) is 14.4. The summed E-state index contributed by atoms with van der Waals surface area (Å²) in [6.07, 6.45) is 2.45. The summed E-state index contributed by atoms with van der Waals surface area (Å²) in [5, 5.41) is 13.5. The van der Waals surface area contributed by atoms with Gasteiger partial charge in [-0.15, -0.1) is 10.2 Å². The zero-order valence-electron chi connectivity index (χ0n) is 12.8. The molecule has 3 rings (SSSR count). The molecule has 0 saturated heterocycles. The van der Waals surface area contributed by atoms with E-state index in [1.165, 1.54) is 11.8 Å². The van der Waals surface area contributed by atoms with Crippen LogP contribution in [0.15, 0.2) is 40.3 Å². The third kappa shape index (κ3) is 4.11. The van der Waals surface area contributed by atoms with E-state index in [1.54, 1.807) is 6.33 Å². The first-order valence-electron chi connectivity index (χ1n) is 7.22. The number of benzene rings is 1. The molecular weight excluding hydrogens is 334 g/mol. The summed E-state index contributed by atoms with van der Waals surface area (Å²) >= 11 is 7.54. The Hall–Kier alpha value is -1.86. The van der Waals surface area contributed by atoms with Gasteiger partial charge in [-0.05, 0) is 24.1 Å². The minimum Gasteiger partial charge on any atom is -0.339 e. The predicted molar refractivity (Wildman–Crippen MR) is 88.8 cm³/mol. The van der Waals surface area contributed by atoms with E-state index in [9.17, 15) is 0 Å². The van der Waals surface area contributed by atoms with Crippen LogP contribution in [0.3, 0.4) is 0 Å². The SMILES string of the molecule is CC(C)Cc1nc(CSc2nncn2-c2cccc(Cl)c2)no1. The summed E-state index contributed by atoms with van der Waals surface area (Å²) in [5.41, 5.74) is 0.915. The topological polar surface area (TPSA) is 69.6 Å². The number of hydrogen-bond acceptors (Lipinski definition) is 6. The fourth-order valence-corrected chi connectivity index (χ4v) is 2.99. The minimum atomic E-state index is 0.488. The Balaban J connectivity index is 1.70. The van der Waals surface area contributed by atoms with Gasteiger partial charge in [-0.25, -0.2) is 0 Å². The maximum atomic E-state index is 6.04. The molecule has 1 aromatic carbocycles. The average molecular weight is 350 g/mol. The lowest BCUT2D eigenvalue weighted by Crippen LogP contribution is -1.96. The van der Waals surface area contributed by atoms with Crippen LogP contribution in [-0.2, 0) is 12.2 Å². The van der Waals surface area contributed by atoms with Gasteiger partial charge in [-0.1, -0.05) is 48.4 Å². The van der Waals surface area contributed by atoms with Crippen LogP contribution in [0.2, 0.25) is 5.02 Å². The third-order valence-corrected chi connectivity index (χ3v) is 4.20. The van der Waals surface area contributed by atoms with E-state index in [0.29, 0.717) is 28.4 Å². The van der Waals surface area contributed by atoms with Gasteiger partial charge < -0.3 is 4.52 Å². The lowest BCUT2D eigenvalue weighted by molar-refractivity contribution is 0.360. The highest BCUT2D eigenvalue weighted by molar-refractivity contribution is 7.98. The van der Waals surface area contributed by atoms with Gasteiger partial charge in [0.1, 0.15) is 6.33 Å². The summed E-state index contributed by atoms with van der Waals surface area (Å²) < 4.78 is 7.12. The van der Waals surface area contributed by atoms with Crippen LogP contribution in [0.5, 0.6) is 0 Å². The van der Waals surface area contributed by atoms with Crippen LogP contribution in [0.25, 0.3) is 5.69 Å². The number of aromatic nitrogens is 5. The molecule has 0 atom stereocenters. The Morgan fingerprint density at radius 1 is 1.35 bits per heavy atom. The van der Waals surface area contributed by atoms with Crippen molar-refractivity contribution in [2.24, 2.45) is 5.92 Å². The first-order valence-corrected chi connectivity index (χ1v) is 8.58. The Labute approximate surface area is 143 Å². The average Bonchev–Trinajstić information content (AvgIpc) is 3.13. The van der Waals surface area contributed by atoms with Crippen LogP contribution < -0.4 is 0 Å². The highest BCUT2D eigenvalue weighted by Crippen LogP contribution is 2.24. The highest BCUT2D eigenvalue weighted by atomic mass is 35.5. The normalized spacial score (nSPS) is 11.3. The molecule has 0 unspecified atom stereocenters. The monoisotopic (exact) mass is 349 g/mol. The van der Waals surface area contributed by atoms with Crippen molar-refractivity contribution in [3.05, 3.63) is 47.3 Å². The molecule has 0 aliphatic rings. The molecule has 8 heteroatoms. The van der Waals surface area contributed by atoms with Crippen LogP contribution >= 0.6 is 23.4 Å². The van der Waals surface area contributed by atoms with E-state index in [2.05, 4.69) is 34.2 Å². The molecule has 0 N–H and O–H groups in total. The first-order chi connectivity index (χ1) is 11.1. The first kappa shape index (κ1) is 16.0. The molecule has 0 saturated carbocycles. The van der Waals surface area contributed by atoms with Crippen molar-refractivity contribution < 1.29 is 4.52 Å². The number of rotatable bonds is 6. The molecule has 2 heterocycles. The van der Waals surface area contributed by atoms with Gasteiger partial charge >= 0.3 is 0 Å². The van der Waals surface area contributed by atoms with Crippen molar-refractivity contribution >= 4 is 23.4 Å². The molecule has 0 aliphatic heterocycles. The fourth-order valence-electron chi connectivity index (χ4n) is 2.04. The van der Waals surface area contributed by atoms with Crippen molar-refractivity contribution in [2.45, 2.75) is 31.2 Å². The molecule has 0 amide bonds. The quantitative estimate of drug-likeness (QED) is 0.630. The van der Waals surface area contributed by atoms with E-state index in [-0.39, 0.29) is 0 Å². The standard InChI is InChI=1S/C15H16ClN5OS/c1-10(2)6-14-18-13(20-22-14)8-23-15-19-17-9-21(15)12-5-3-4-11(16)7-12/h3-5,7,9-10H,6,8H2,1-2H3. The summed E-state index contributed by atoms with van der Waals surface area (Å²) in [7, 11) is 0. The largest absolute Gasteiger partial charge is 0.339 e. The van der Waals surface area contributed by atoms with Gasteiger partial charge in [-0.2, -0.15) is 4.98 Å². The maximum absolute atomic E-state index is 6.04. The van der Waals surface area contributed by atoms with Crippen molar-refractivity contribution in [3.63, 3.8) is 0 Å². The zero-order chi connectivity index (χ0) is 16.2. The van der Waals surface area contributed by atoms with Crippen molar-refractivity contribution in [1.82, 2.24) is 24.9 Å². The second kappa shape index (κ2) is 7.14. The van der Waals surface area contributed by atoms with Gasteiger partial charge in [0.05, 0.1) is 11.4 Å². The molecular formula is C15H16ClN5OS. The summed E-state index contributed by atoms with van der Waals surface area (Å²) in [4.78, 5) is 4.39. The lowest BCUT2D eigenvalue weighted by atomic mass is 10.1. The number of halogens is 1. The fraction of sp³-hybridized carbons (Fsp3) is 0.333. The van der Waals surface area contributed by atoms with E-state index in [1.807, 2.05) is 28.8 Å². The smallest absolute Gasteiger partial charge is 0.226 e. The molecule has 0 fully saturated rings. The molecule has 0 aliphatic carbocycles. The van der Waals surface area contributed by atoms with Crippen LogP contribution in [0.1, 0.15) is 25.6 Å². The molecule has 0 radical (unpaired) electrons. The van der Waals surface area contributed by atoms with Crippen molar-refractivity contribution in [1.29, 1.82) is 0 Å². The Morgan fingerprint density at radius 2 is 2.22 bits per heavy atom. The van der Waals surface area contributed by atoms with Gasteiger partial charge in [-0.3, -0.25) is 4.57 Å². The minimum absolute atomic E-state index is 0.488. The van der Waals surface area contributed by atoms with E-state index in [4.69, 9.17) is 16.1 Å². The van der Waals surface area contributed by atoms with Gasteiger partial charge in [0.25, 0.3) is 0 Å².